The molecule has 0 amide bonds. The molecule has 1 atom stereocenters. The Labute approximate surface area is 59.8 Å². The molecule has 0 aromatic rings. The first-order valence-corrected chi connectivity index (χ1v) is 3.32. The molecule has 1 rings (SSSR count). The summed E-state index contributed by atoms with van der Waals surface area (Å²) in [6, 6.07) is 0.141. The van der Waals surface area contributed by atoms with Gasteiger partial charge in [-0.2, -0.15) is 0 Å². The Morgan fingerprint density at radius 2 is 2.60 bits per heavy atom. The highest BCUT2D eigenvalue weighted by atomic mass is 16.4. The third kappa shape index (κ3) is 1.97. The van der Waals surface area contributed by atoms with E-state index < -0.39 is 5.97 Å². The molecule has 2 N–H and O–H groups in total. The smallest absolute Gasteiger partial charge is 0.304 e. The molecule has 0 saturated carbocycles. The second-order valence-electron chi connectivity index (χ2n) is 2.70. The Morgan fingerprint density at radius 1 is 1.90 bits per heavy atom. The van der Waals surface area contributed by atoms with E-state index in [-0.39, 0.29) is 12.5 Å². The predicted octanol–water partition coefficient (Wildman–Crippen LogP) is -0.678. The lowest BCUT2D eigenvalue weighted by atomic mass is 10.2. The molecular weight excluding hydrogens is 132 g/mol. The van der Waals surface area contributed by atoms with E-state index in [1.807, 2.05) is 7.05 Å². The van der Waals surface area contributed by atoms with E-state index in [0.29, 0.717) is 0 Å². The van der Waals surface area contributed by atoms with Crippen LogP contribution in [0.5, 0.6) is 0 Å². The van der Waals surface area contributed by atoms with Crippen LogP contribution in [0.15, 0.2) is 0 Å². The number of rotatable bonds is 2. The molecule has 4 nitrogen and oxygen atoms in total. The number of nitrogens with zero attached hydrogens (tertiary/aromatic N) is 1. The maximum atomic E-state index is 10.2. The van der Waals surface area contributed by atoms with Gasteiger partial charge < -0.3 is 5.11 Å². The third-order valence-corrected chi connectivity index (χ3v) is 1.60. The summed E-state index contributed by atoms with van der Waals surface area (Å²) in [5, 5.41) is 11.5. The standard InChI is InChI=1S/C6H12N2O2/c1-8-3-5(7-4-8)2-6(9)10/h5,7H,2-4H2,1H3,(H,9,10)/t5-/m0/s1. The van der Waals surface area contributed by atoms with Crippen LogP contribution in [0.4, 0.5) is 0 Å². The van der Waals surface area contributed by atoms with Gasteiger partial charge in [-0.1, -0.05) is 0 Å². The molecule has 1 saturated heterocycles. The van der Waals surface area contributed by atoms with Crippen LogP contribution in [0.25, 0.3) is 0 Å². The van der Waals surface area contributed by atoms with Crippen molar-refractivity contribution in [3.8, 4) is 0 Å². The fourth-order valence-electron chi connectivity index (χ4n) is 1.14. The normalized spacial score (nSPS) is 27.1. The average molecular weight is 144 g/mol. The lowest BCUT2D eigenvalue weighted by molar-refractivity contribution is -0.137. The molecule has 0 aliphatic carbocycles. The number of aliphatic carboxylic acids is 1. The number of carbonyl (C=O) groups is 1. The molecule has 1 aliphatic rings. The summed E-state index contributed by atoms with van der Waals surface area (Å²) >= 11 is 0. The zero-order valence-electron chi connectivity index (χ0n) is 6.00. The van der Waals surface area contributed by atoms with E-state index in [4.69, 9.17) is 5.11 Å². The molecule has 0 unspecified atom stereocenters. The minimum atomic E-state index is -0.729. The number of carboxylic acids is 1. The molecule has 1 fully saturated rings. The van der Waals surface area contributed by atoms with Gasteiger partial charge in [0.2, 0.25) is 0 Å². The van der Waals surface area contributed by atoms with Crippen molar-refractivity contribution in [3.63, 3.8) is 0 Å². The summed E-state index contributed by atoms with van der Waals surface area (Å²) in [5.74, 6) is -0.729. The predicted molar refractivity (Wildman–Crippen MR) is 36.7 cm³/mol. The summed E-state index contributed by atoms with van der Waals surface area (Å²) in [6.07, 6.45) is 0.227. The van der Waals surface area contributed by atoms with Gasteiger partial charge in [-0.25, -0.2) is 0 Å². The zero-order valence-corrected chi connectivity index (χ0v) is 6.00. The van der Waals surface area contributed by atoms with Crippen molar-refractivity contribution in [1.82, 2.24) is 10.2 Å². The lowest BCUT2D eigenvalue weighted by Crippen LogP contribution is -2.26. The van der Waals surface area contributed by atoms with Gasteiger partial charge in [0.1, 0.15) is 0 Å². The van der Waals surface area contributed by atoms with Crippen molar-refractivity contribution in [2.45, 2.75) is 12.5 Å². The molecule has 58 valence electrons. The van der Waals surface area contributed by atoms with Crippen molar-refractivity contribution in [3.05, 3.63) is 0 Å². The molecule has 0 radical (unpaired) electrons. The second kappa shape index (κ2) is 2.98. The van der Waals surface area contributed by atoms with Crippen molar-refractivity contribution in [2.24, 2.45) is 0 Å². The van der Waals surface area contributed by atoms with Crippen LogP contribution in [0.1, 0.15) is 6.42 Å². The molecule has 1 heterocycles. The van der Waals surface area contributed by atoms with Crippen molar-refractivity contribution >= 4 is 5.97 Å². The van der Waals surface area contributed by atoms with Gasteiger partial charge in [0.15, 0.2) is 0 Å². The first-order chi connectivity index (χ1) is 4.68. The van der Waals surface area contributed by atoms with Gasteiger partial charge >= 0.3 is 5.97 Å². The number of hydrogen-bond donors (Lipinski definition) is 2. The highest BCUT2D eigenvalue weighted by Crippen LogP contribution is 2.00. The van der Waals surface area contributed by atoms with Gasteiger partial charge in [-0.3, -0.25) is 15.0 Å². The molecule has 10 heavy (non-hydrogen) atoms. The van der Waals surface area contributed by atoms with E-state index in [0.717, 1.165) is 13.2 Å². The maximum absolute atomic E-state index is 10.2. The van der Waals surface area contributed by atoms with Gasteiger partial charge in [0.05, 0.1) is 6.42 Å². The van der Waals surface area contributed by atoms with Crippen LogP contribution >= 0.6 is 0 Å². The fourth-order valence-corrected chi connectivity index (χ4v) is 1.14. The SMILES string of the molecule is CN1CN[C@@H](CC(=O)O)C1. The Kier molecular flexibility index (Phi) is 2.24. The molecular formula is C6H12N2O2. The first kappa shape index (κ1) is 7.50. The van der Waals surface area contributed by atoms with Crippen LogP contribution in [0.3, 0.4) is 0 Å². The number of hydrogen-bond acceptors (Lipinski definition) is 3. The van der Waals surface area contributed by atoms with Gasteiger partial charge in [0.25, 0.3) is 0 Å². The summed E-state index contributed by atoms with van der Waals surface area (Å²) in [7, 11) is 1.97. The molecule has 1 aliphatic heterocycles. The van der Waals surface area contributed by atoms with Crippen LogP contribution in [-0.2, 0) is 4.79 Å². The topological polar surface area (TPSA) is 52.6 Å². The summed E-state index contributed by atoms with van der Waals surface area (Å²) < 4.78 is 0. The van der Waals surface area contributed by atoms with Crippen LogP contribution in [0.2, 0.25) is 0 Å². The van der Waals surface area contributed by atoms with E-state index in [1.165, 1.54) is 0 Å². The summed E-state index contributed by atoms with van der Waals surface area (Å²) in [6.45, 7) is 1.64. The average Bonchev–Trinajstić information content (AvgIpc) is 2.13. The number of carboxylic acid groups (broad SMARTS) is 1. The van der Waals surface area contributed by atoms with Crippen molar-refractivity contribution in [2.75, 3.05) is 20.3 Å². The van der Waals surface area contributed by atoms with E-state index in [1.54, 1.807) is 0 Å². The largest absolute Gasteiger partial charge is 0.481 e. The molecule has 0 bridgehead atoms. The van der Waals surface area contributed by atoms with Crippen LogP contribution < -0.4 is 5.32 Å². The summed E-state index contributed by atoms with van der Waals surface area (Å²) in [5.41, 5.74) is 0. The van der Waals surface area contributed by atoms with E-state index in [2.05, 4.69) is 10.2 Å². The minimum Gasteiger partial charge on any atom is -0.481 e. The molecule has 0 spiro atoms. The Morgan fingerprint density at radius 3 is 3.00 bits per heavy atom. The van der Waals surface area contributed by atoms with Crippen molar-refractivity contribution < 1.29 is 9.90 Å². The monoisotopic (exact) mass is 144 g/mol. The minimum absolute atomic E-state index is 0.141. The highest BCUT2D eigenvalue weighted by molar-refractivity contribution is 5.67. The Balaban J connectivity index is 2.24. The second-order valence-corrected chi connectivity index (χ2v) is 2.70. The van der Waals surface area contributed by atoms with E-state index in [9.17, 15) is 4.79 Å². The first-order valence-electron chi connectivity index (χ1n) is 3.32. The van der Waals surface area contributed by atoms with Crippen LogP contribution in [0, 0.1) is 0 Å². The molecule has 0 aromatic carbocycles. The van der Waals surface area contributed by atoms with Gasteiger partial charge in [0, 0.05) is 19.3 Å². The van der Waals surface area contributed by atoms with Crippen molar-refractivity contribution in [1.29, 1.82) is 0 Å². The third-order valence-electron chi connectivity index (χ3n) is 1.60. The number of nitrogens with one attached hydrogen (secondary N) is 1. The zero-order chi connectivity index (χ0) is 7.56. The Bertz CT molecular complexity index is 138. The van der Waals surface area contributed by atoms with Gasteiger partial charge in [-0.15, -0.1) is 0 Å². The highest BCUT2D eigenvalue weighted by Gasteiger charge is 2.20. The maximum Gasteiger partial charge on any atom is 0.304 e. The fraction of sp³-hybridized carbons (Fsp3) is 0.833. The quantitative estimate of drug-likeness (QED) is 0.539. The Hall–Kier alpha value is -0.610. The van der Waals surface area contributed by atoms with Crippen LogP contribution in [-0.4, -0.2) is 42.3 Å². The van der Waals surface area contributed by atoms with E-state index >= 15 is 0 Å². The molecule has 0 aromatic heterocycles. The van der Waals surface area contributed by atoms with Gasteiger partial charge in [-0.05, 0) is 7.05 Å². The number of likely N-dealkylation sites (N-methyl/N-ethyl adjacent to an activating group) is 1. The molecule has 4 heteroatoms. The summed E-state index contributed by atoms with van der Waals surface area (Å²) in [4.78, 5) is 12.3. The lowest BCUT2D eigenvalue weighted by Gasteiger charge is -2.05.